The van der Waals surface area contributed by atoms with Crippen molar-refractivity contribution in [3.05, 3.63) is 65.7 Å². The maximum Gasteiger partial charge on any atom is 0.115 e. The average molecular weight is 381 g/mol. The van der Waals surface area contributed by atoms with E-state index in [1.165, 1.54) is 11.1 Å². The molecule has 0 bridgehead atoms. The van der Waals surface area contributed by atoms with Gasteiger partial charge in [0.1, 0.15) is 5.75 Å². The Morgan fingerprint density at radius 1 is 0.929 bits per heavy atom. The van der Waals surface area contributed by atoms with Crippen LogP contribution in [0.5, 0.6) is 5.75 Å². The first-order chi connectivity index (χ1) is 13.8. The van der Waals surface area contributed by atoms with Crippen molar-refractivity contribution in [2.45, 2.75) is 37.8 Å². The normalized spacial score (nSPS) is 22.8. The maximum atomic E-state index is 9.74. The van der Waals surface area contributed by atoms with Gasteiger partial charge in [-0.15, -0.1) is 0 Å². The number of piperidine rings is 1. The highest BCUT2D eigenvalue weighted by atomic mass is 16.5. The molecular weight excluding hydrogens is 348 g/mol. The lowest BCUT2D eigenvalue weighted by molar-refractivity contribution is 0.0203. The van der Waals surface area contributed by atoms with Gasteiger partial charge in [-0.2, -0.15) is 0 Å². The lowest BCUT2D eigenvalue weighted by Gasteiger charge is -2.35. The topological polar surface area (TPSA) is 35.9 Å². The number of hydrogen-bond donors (Lipinski definition) is 1. The number of aromatic hydroxyl groups is 1. The summed E-state index contributed by atoms with van der Waals surface area (Å²) in [6, 6.07) is 18.5. The van der Waals surface area contributed by atoms with Gasteiger partial charge in [0, 0.05) is 32.8 Å². The lowest BCUT2D eigenvalue weighted by atomic mass is 9.89. The lowest BCUT2D eigenvalue weighted by Crippen LogP contribution is -2.43. The van der Waals surface area contributed by atoms with Crippen molar-refractivity contribution in [2.75, 3.05) is 39.3 Å². The predicted molar refractivity (Wildman–Crippen MR) is 113 cm³/mol. The van der Waals surface area contributed by atoms with Gasteiger partial charge in [0.25, 0.3) is 0 Å². The third-order valence-corrected chi connectivity index (χ3v) is 6.07. The quantitative estimate of drug-likeness (QED) is 0.854. The number of hydrogen-bond acceptors (Lipinski definition) is 4. The number of phenols is 1. The first-order valence-corrected chi connectivity index (χ1v) is 10.7. The van der Waals surface area contributed by atoms with Crippen LogP contribution in [0, 0.1) is 0 Å². The standard InChI is InChI=1S/C24H32N2O2/c27-23-9-4-8-22(16-23)21-10-13-25(14-11-21)18-24-19-26(12-5-15-28-24)17-20-6-2-1-3-7-20/h1-4,6-9,16,21,24,27H,5,10-15,17-19H2/t24-/m0/s1. The highest BCUT2D eigenvalue weighted by molar-refractivity contribution is 5.30. The van der Waals surface area contributed by atoms with Gasteiger partial charge in [-0.1, -0.05) is 42.5 Å². The van der Waals surface area contributed by atoms with E-state index in [9.17, 15) is 5.11 Å². The molecule has 4 rings (SSSR count). The fourth-order valence-electron chi connectivity index (χ4n) is 4.58. The second-order valence-corrected chi connectivity index (χ2v) is 8.24. The summed E-state index contributed by atoms with van der Waals surface area (Å²) < 4.78 is 6.18. The number of nitrogens with zero attached hydrogens (tertiary/aromatic N) is 2. The second-order valence-electron chi connectivity index (χ2n) is 8.24. The Bertz CT molecular complexity index is 728. The monoisotopic (exact) mass is 380 g/mol. The highest BCUT2D eigenvalue weighted by Gasteiger charge is 2.25. The van der Waals surface area contributed by atoms with Gasteiger partial charge in [-0.25, -0.2) is 0 Å². The molecule has 2 aromatic carbocycles. The third-order valence-electron chi connectivity index (χ3n) is 6.07. The van der Waals surface area contributed by atoms with Crippen LogP contribution in [-0.4, -0.2) is 60.3 Å². The Kier molecular flexibility index (Phi) is 6.63. The van der Waals surface area contributed by atoms with E-state index < -0.39 is 0 Å². The summed E-state index contributed by atoms with van der Waals surface area (Å²) in [6.45, 7) is 7.26. The molecule has 0 spiro atoms. The van der Waals surface area contributed by atoms with Gasteiger partial charge < -0.3 is 14.7 Å². The van der Waals surface area contributed by atoms with Gasteiger partial charge in [0.15, 0.2) is 0 Å². The van der Waals surface area contributed by atoms with Crippen LogP contribution in [0.2, 0.25) is 0 Å². The molecule has 0 aromatic heterocycles. The summed E-state index contributed by atoms with van der Waals surface area (Å²) in [5, 5.41) is 9.74. The summed E-state index contributed by atoms with van der Waals surface area (Å²) in [7, 11) is 0. The summed E-state index contributed by atoms with van der Waals surface area (Å²) in [6.07, 6.45) is 3.72. The Labute approximate surface area is 168 Å². The van der Waals surface area contributed by atoms with E-state index >= 15 is 0 Å². The largest absolute Gasteiger partial charge is 0.508 e. The molecule has 28 heavy (non-hydrogen) atoms. The first kappa shape index (κ1) is 19.4. The van der Waals surface area contributed by atoms with Crippen molar-refractivity contribution in [1.82, 2.24) is 9.80 Å². The summed E-state index contributed by atoms with van der Waals surface area (Å²) >= 11 is 0. The van der Waals surface area contributed by atoms with E-state index in [0.717, 1.165) is 65.1 Å². The summed E-state index contributed by atoms with van der Waals surface area (Å²) in [5.41, 5.74) is 2.66. The van der Waals surface area contributed by atoms with Crippen molar-refractivity contribution >= 4 is 0 Å². The average Bonchev–Trinajstić information content (AvgIpc) is 2.94. The van der Waals surface area contributed by atoms with Crippen LogP contribution in [0.25, 0.3) is 0 Å². The minimum atomic E-state index is 0.295. The minimum absolute atomic E-state index is 0.295. The predicted octanol–water partition coefficient (Wildman–Crippen LogP) is 3.86. The van der Waals surface area contributed by atoms with Crippen LogP contribution in [0.4, 0.5) is 0 Å². The molecule has 0 radical (unpaired) electrons. The van der Waals surface area contributed by atoms with Crippen molar-refractivity contribution in [1.29, 1.82) is 0 Å². The van der Waals surface area contributed by atoms with Crippen molar-refractivity contribution in [2.24, 2.45) is 0 Å². The van der Waals surface area contributed by atoms with E-state index in [1.54, 1.807) is 6.07 Å². The third kappa shape index (κ3) is 5.34. The highest BCUT2D eigenvalue weighted by Crippen LogP contribution is 2.30. The zero-order valence-electron chi connectivity index (χ0n) is 16.7. The molecule has 2 aliphatic rings. The van der Waals surface area contributed by atoms with Crippen LogP contribution >= 0.6 is 0 Å². The molecule has 2 heterocycles. The second kappa shape index (κ2) is 9.55. The van der Waals surface area contributed by atoms with Gasteiger partial charge in [0.05, 0.1) is 6.10 Å². The van der Waals surface area contributed by atoms with Crippen LogP contribution in [-0.2, 0) is 11.3 Å². The molecule has 0 unspecified atom stereocenters. The van der Waals surface area contributed by atoms with E-state index in [4.69, 9.17) is 4.74 Å². The molecule has 2 fully saturated rings. The fourth-order valence-corrected chi connectivity index (χ4v) is 4.58. The molecule has 2 saturated heterocycles. The zero-order chi connectivity index (χ0) is 19.2. The van der Waals surface area contributed by atoms with Crippen LogP contribution < -0.4 is 0 Å². The molecule has 4 nitrogen and oxygen atoms in total. The Morgan fingerprint density at radius 3 is 2.54 bits per heavy atom. The molecule has 2 aromatic rings. The molecular formula is C24H32N2O2. The molecule has 0 aliphatic carbocycles. The number of benzene rings is 2. The van der Waals surface area contributed by atoms with Crippen molar-refractivity contribution < 1.29 is 9.84 Å². The molecule has 0 saturated carbocycles. The number of likely N-dealkylation sites (tertiary alicyclic amines) is 1. The van der Waals surface area contributed by atoms with Crippen LogP contribution in [0.15, 0.2) is 54.6 Å². The van der Waals surface area contributed by atoms with E-state index in [1.807, 2.05) is 12.1 Å². The Hall–Kier alpha value is -1.88. The SMILES string of the molecule is Oc1cccc(C2CCN(C[C@H]3CN(Cc4ccccc4)CCCO3)CC2)c1. The number of rotatable bonds is 5. The smallest absolute Gasteiger partial charge is 0.115 e. The van der Waals surface area contributed by atoms with Gasteiger partial charge in [-0.3, -0.25) is 4.90 Å². The van der Waals surface area contributed by atoms with Gasteiger partial charge >= 0.3 is 0 Å². The molecule has 0 amide bonds. The fraction of sp³-hybridized carbons (Fsp3) is 0.500. The summed E-state index contributed by atoms with van der Waals surface area (Å²) in [4.78, 5) is 5.11. The van der Waals surface area contributed by atoms with E-state index in [2.05, 4.69) is 46.2 Å². The number of ether oxygens (including phenoxy) is 1. The molecule has 1 N–H and O–H groups in total. The minimum Gasteiger partial charge on any atom is -0.508 e. The van der Waals surface area contributed by atoms with Crippen molar-refractivity contribution in [3.63, 3.8) is 0 Å². The Morgan fingerprint density at radius 2 is 1.75 bits per heavy atom. The first-order valence-electron chi connectivity index (χ1n) is 10.7. The van der Waals surface area contributed by atoms with Crippen LogP contribution in [0.1, 0.15) is 36.3 Å². The molecule has 2 aliphatic heterocycles. The van der Waals surface area contributed by atoms with E-state index in [-0.39, 0.29) is 0 Å². The van der Waals surface area contributed by atoms with Gasteiger partial charge in [-0.05, 0) is 61.5 Å². The van der Waals surface area contributed by atoms with E-state index in [0.29, 0.717) is 17.8 Å². The number of phenolic OH excluding ortho intramolecular Hbond substituents is 1. The van der Waals surface area contributed by atoms with Crippen LogP contribution in [0.3, 0.4) is 0 Å². The van der Waals surface area contributed by atoms with Crippen molar-refractivity contribution in [3.8, 4) is 5.75 Å². The Balaban J connectivity index is 1.28. The molecule has 1 atom stereocenters. The molecule has 4 heteroatoms. The van der Waals surface area contributed by atoms with Gasteiger partial charge in [0.2, 0.25) is 0 Å². The molecule has 150 valence electrons. The summed E-state index contributed by atoms with van der Waals surface area (Å²) in [5.74, 6) is 0.943. The zero-order valence-corrected chi connectivity index (χ0v) is 16.7. The maximum absolute atomic E-state index is 9.74.